The molecule has 3 aromatic carbocycles. The van der Waals surface area contributed by atoms with Crippen LogP contribution in [0.25, 0.3) is 0 Å². The molecule has 2 aliphatic rings. The Morgan fingerprint density at radius 3 is 2.38 bits per heavy atom. The Hall–Kier alpha value is -3.74. The van der Waals surface area contributed by atoms with Crippen LogP contribution in [0.4, 0.5) is 15.8 Å². The molecule has 0 bridgehead atoms. The molecule has 3 amide bonds. The van der Waals surface area contributed by atoms with E-state index in [1.54, 1.807) is 48.5 Å². The number of fused-ring (bicyclic) bond motifs is 2. The summed E-state index contributed by atoms with van der Waals surface area (Å²) in [6, 6.07) is 19.3. The van der Waals surface area contributed by atoms with Gasteiger partial charge in [-0.15, -0.1) is 0 Å². The first kappa shape index (κ1) is 26.5. The van der Waals surface area contributed by atoms with Gasteiger partial charge in [-0.05, 0) is 66.2 Å². The molecule has 202 valence electrons. The summed E-state index contributed by atoms with van der Waals surface area (Å²) in [4.78, 5) is 56.3. The van der Waals surface area contributed by atoms with Gasteiger partial charge >= 0.3 is 4.87 Å². The van der Waals surface area contributed by atoms with Gasteiger partial charge in [0.2, 0.25) is 11.8 Å². The highest BCUT2D eigenvalue weighted by Crippen LogP contribution is 2.53. The molecule has 0 radical (unpaired) electrons. The first-order valence-corrected chi connectivity index (χ1v) is 14.6. The van der Waals surface area contributed by atoms with Gasteiger partial charge in [-0.2, -0.15) is 0 Å². The van der Waals surface area contributed by atoms with Crippen molar-refractivity contribution in [3.63, 3.8) is 0 Å². The van der Waals surface area contributed by atoms with Crippen LogP contribution in [0.2, 0.25) is 0 Å². The summed E-state index contributed by atoms with van der Waals surface area (Å²) in [6.45, 7) is -0.264. The van der Waals surface area contributed by atoms with Crippen molar-refractivity contribution in [2.24, 2.45) is 5.92 Å². The third-order valence-electron chi connectivity index (χ3n) is 6.65. The molecule has 2 aliphatic heterocycles. The third kappa shape index (κ3) is 4.98. The van der Waals surface area contributed by atoms with Crippen LogP contribution < -0.4 is 19.8 Å². The third-order valence-corrected chi connectivity index (χ3v) is 9.58. The Morgan fingerprint density at radius 2 is 1.68 bits per heavy atom. The van der Waals surface area contributed by atoms with Crippen molar-refractivity contribution in [2.45, 2.75) is 16.2 Å². The minimum atomic E-state index is -0.701. The van der Waals surface area contributed by atoms with E-state index in [0.29, 0.717) is 27.0 Å². The Bertz CT molecular complexity index is 1670. The Balaban J connectivity index is 1.24. The normalized spacial score (nSPS) is 19.8. The van der Waals surface area contributed by atoms with Crippen molar-refractivity contribution in [1.82, 2.24) is 4.98 Å². The maximum Gasteiger partial charge on any atom is 0.305 e. The molecule has 3 heterocycles. The van der Waals surface area contributed by atoms with Crippen molar-refractivity contribution >= 4 is 68.1 Å². The predicted molar refractivity (Wildman–Crippen MR) is 154 cm³/mol. The number of halogens is 2. The van der Waals surface area contributed by atoms with E-state index in [2.05, 4.69) is 26.2 Å². The Labute approximate surface area is 243 Å². The second-order valence-electron chi connectivity index (χ2n) is 9.15. The van der Waals surface area contributed by atoms with Crippen LogP contribution in [0.15, 0.2) is 87.1 Å². The molecule has 0 saturated carbocycles. The monoisotopic (exact) mass is 639 g/mol. The van der Waals surface area contributed by atoms with E-state index < -0.39 is 28.8 Å². The number of carbonyl (C=O) groups is 3. The number of hydrogen-bond acceptors (Lipinski definition) is 7. The zero-order valence-electron chi connectivity index (χ0n) is 20.4. The molecule has 0 spiro atoms. The fourth-order valence-electron chi connectivity index (χ4n) is 4.87. The summed E-state index contributed by atoms with van der Waals surface area (Å²) in [6.07, 6.45) is 0. The molecule has 6 rings (SSSR count). The van der Waals surface area contributed by atoms with Crippen LogP contribution >= 0.6 is 39.0 Å². The summed E-state index contributed by atoms with van der Waals surface area (Å²) in [5.41, 5.74) is 1.68. The molecule has 1 saturated heterocycles. The summed E-state index contributed by atoms with van der Waals surface area (Å²) in [5.74, 6) is -2.25. The van der Waals surface area contributed by atoms with Gasteiger partial charge in [0.1, 0.15) is 16.8 Å². The van der Waals surface area contributed by atoms with Crippen LogP contribution in [0.1, 0.15) is 16.4 Å². The maximum atomic E-state index is 13.8. The van der Waals surface area contributed by atoms with Gasteiger partial charge in [0.05, 0.1) is 16.6 Å². The van der Waals surface area contributed by atoms with Gasteiger partial charge in [-0.25, -0.2) is 9.29 Å². The van der Waals surface area contributed by atoms with Crippen molar-refractivity contribution < 1.29 is 23.5 Å². The number of rotatable bonds is 6. The number of nitrogens with one attached hydrogen (secondary N) is 2. The molecule has 3 atom stereocenters. The number of imide groups is 1. The first-order chi connectivity index (χ1) is 19.3. The average molecular weight is 641 g/mol. The SMILES string of the molecule is O=C(COc1ccc([C@H]2c3sc(=O)[nH]c3SC3C(=O)N(c4ccc(Br)cc4)C(=O)C32)cc1)Nc1ccc(F)cc1. The number of benzene rings is 3. The van der Waals surface area contributed by atoms with Crippen LogP contribution in [-0.2, 0) is 14.4 Å². The lowest BCUT2D eigenvalue weighted by Crippen LogP contribution is -2.32. The molecule has 4 aromatic rings. The minimum Gasteiger partial charge on any atom is -0.484 e. The lowest BCUT2D eigenvalue weighted by molar-refractivity contribution is -0.122. The average Bonchev–Trinajstić information content (AvgIpc) is 3.44. The first-order valence-electron chi connectivity index (χ1n) is 12.1. The molecular formula is C28H19BrFN3O5S2. The van der Waals surface area contributed by atoms with E-state index in [1.807, 2.05) is 0 Å². The fourth-order valence-corrected chi connectivity index (χ4v) is 7.65. The Morgan fingerprint density at radius 1 is 0.975 bits per heavy atom. The molecule has 8 nitrogen and oxygen atoms in total. The number of aromatic amines is 1. The van der Waals surface area contributed by atoms with Gasteiger partial charge in [0.25, 0.3) is 5.91 Å². The van der Waals surface area contributed by atoms with E-state index in [9.17, 15) is 23.6 Å². The highest BCUT2D eigenvalue weighted by Gasteiger charge is 2.56. The summed E-state index contributed by atoms with van der Waals surface area (Å²) >= 11 is 5.64. The molecule has 12 heteroatoms. The molecule has 0 aliphatic carbocycles. The smallest absolute Gasteiger partial charge is 0.305 e. The van der Waals surface area contributed by atoms with Gasteiger partial charge < -0.3 is 15.0 Å². The lowest BCUT2D eigenvalue weighted by atomic mass is 9.83. The number of nitrogens with zero attached hydrogens (tertiary/aromatic N) is 1. The maximum absolute atomic E-state index is 13.8. The number of anilines is 2. The van der Waals surface area contributed by atoms with Crippen molar-refractivity contribution in [2.75, 3.05) is 16.8 Å². The molecule has 1 aromatic heterocycles. The largest absolute Gasteiger partial charge is 0.484 e. The van der Waals surface area contributed by atoms with Gasteiger partial charge in [-0.3, -0.25) is 19.2 Å². The standard InChI is InChI=1S/C28H19BrFN3O5S2/c29-15-3-9-18(10-4-15)33-26(35)22-21(23-25(32-28(37)40-23)39-24(22)27(33)36)14-1-11-19(12-2-14)38-13-20(34)31-17-7-5-16(30)6-8-17/h1-12,21-22,24H,13H2,(H,31,34)(H,32,37)/t21-,22?,24?/m1/s1. The molecule has 2 unspecified atom stereocenters. The second-order valence-corrected chi connectivity index (χ2v) is 12.2. The van der Waals surface area contributed by atoms with Crippen LogP contribution in [0.5, 0.6) is 5.75 Å². The highest BCUT2D eigenvalue weighted by molar-refractivity contribution is 9.10. The topological polar surface area (TPSA) is 109 Å². The van der Waals surface area contributed by atoms with E-state index in [0.717, 1.165) is 21.4 Å². The van der Waals surface area contributed by atoms with E-state index >= 15 is 0 Å². The number of H-pyrrole nitrogens is 1. The van der Waals surface area contributed by atoms with Crippen molar-refractivity contribution in [1.29, 1.82) is 0 Å². The number of hydrogen-bond donors (Lipinski definition) is 2. The Kier molecular flexibility index (Phi) is 7.07. The van der Waals surface area contributed by atoms with Gasteiger partial charge in [-0.1, -0.05) is 51.2 Å². The van der Waals surface area contributed by atoms with E-state index in [1.165, 1.54) is 40.9 Å². The molecule has 1 fully saturated rings. The van der Waals surface area contributed by atoms with Crippen molar-refractivity contribution in [3.05, 3.63) is 103 Å². The summed E-state index contributed by atoms with van der Waals surface area (Å²) in [5, 5.41) is 2.53. The van der Waals surface area contributed by atoms with E-state index in [-0.39, 0.29) is 23.3 Å². The van der Waals surface area contributed by atoms with Crippen LogP contribution in [-0.4, -0.2) is 34.6 Å². The summed E-state index contributed by atoms with van der Waals surface area (Å²) < 4.78 is 19.5. The second kappa shape index (κ2) is 10.7. The van der Waals surface area contributed by atoms with Crippen molar-refractivity contribution in [3.8, 4) is 5.75 Å². The minimum absolute atomic E-state index is 0.251. The highest BCUT2D eigenvalue weighted by atomic mass is 79.9. The van der Waals surface area contributed by atoms with Crippen LogP contribution in [0.3, 0.4) is 0 Å². The van der Waals surface area contributed by atoms with Gasteiger partial charge in [0, 0.05) is 21.0 Å². The van der Waals surface area contributed by atoms with Gasteiger partial charge in [0.15, 0.2) is 6.61 Å². The molecule has 40 heavy (non-hydrogen) atoms. The molecular weight excluding hydrogens is 621 g/mol. The quantitative estimate of drug-likeness (QED) is 0.283. The van der Waals surface area contributed by atoms with Crippen LogP contribution in [0, 0.1) is 11.7 Å². The number of carbonyl (C=O) groups excluding carboxylic acids is 3. The number of ether oxygens (including phenoxy) is 1. The summed E-state index contributed by atoms with van der Waals surface area (Å²) in [7, 11) is 0. The lowest BCUT2D eigenvalue weighted by Gasteiger charge is -2.29. The molecule has 2 N–H and O–H groups in total. The number of amides is 3. The number of aromatic nitrogens is 1. The van der Waals surface area contributed by atoms with E-state index in [4.69, 9.17) is 4.74 Å². The zero-order chi connectivity index (χ0) is 28.0. The zero-order valence-corrected chi connectivity index (χ0v) is 23.6. The predicted octanol–water partition coefficient (Wildman–Crippen LogP) is 5.15. The number of thiazole rings is 1. The fraction of sp³-hybridized carbons (Fsp3) is 0.143. The number of thioether (sulfide) groups is 1.